The fraction of sp³-hybridized carbons (Fsp3) is 0.190. The predicted octanol–water partition coefficient (Wildman–Crippen LogP) is 4.31. The molecule has 28 heavy (non-hydrogen) atoms. The molecule has 0 aliphatic rings. The molecule has 4 aromatic rings. The molecular formula is C21H21FN6. The van der Waals surface area contributed by atoms with Gasteiger partial charge in [0.15, 0.2) is 11.5 Å². The molecule has 142 valence electrons. The fourth-order valence-corrected chi connectivity index (χ4v) is 3.27. The van der Waals surface area contributed by atoms with E-state index < -0.39 is 0 Å². The number of nitrogens with two attached hydrogens (primary N) is 1. The Labute approximate surface area is 162 Å². The molecule has 7 heteroatoms. The van der Waals surface area contributed by atoms with Gasteiger partial charge < -0.3 is 11.1 Å². The van der Waals surface area contributed by atoms with Gasteiger partial charge in [-0.25, -0.2) is 19.3 Å². The van der Waals surface area contributed by atoms with Crippen LogP contribution in [0.4, 0.5) is 16.0 Å². The minimum Gasteiger partial charge on any atom is -0.381 e. The normalized spacial score (nSPS) is 11.3. The first-order valence-electron chi connectivity index (χ1n) is 9.06. The van der Waals surface area contributed by atoms with E-state index in [0.29, 0.717) is 17.2 Å². The molecule has 0 radical (unpaired) electrons. The number of imidazole rings is 1. The SMILES string of the molecule is Cc1cc(-c2c(-c3ccc(F)cc3)nc(N)c3nccn23)cc(NC(C)C)n1. The van der Waals surface area contributed by atoms with E-state index in [2.05, 4.69) is 34.1 Å². The molecular weight excluding hydrogens is 355 g/mol. The summed E-state index contributed by atoms with van der Waals surface area (Å²) < 4.78 is 15.4. The lowest BCUT2D eigenvalue weighted by Gasteiger charge is -2.16. The van der Waals surface area contributed by atoms with E-state index in [1.807, 2.05) is 29.7 Å². The van der Waals surface area contributed by atoms with Gasteiger partial charge in [0.25, 0.3) is 0 Å². The lowest BCUT2D eigenvalue weighted by molar-refractivity contribution is 0.628. The maximum atomic E-state index is 13.5. The Bertz CT molecular complexity index is 1150. The highest BCUT2D eigenvalue weighted by molar-refractivity contribution is 5.84. The molecule has 1 aromatic carbocycles. The summed E-state index contributed by atoms with van der Waals surface area (Å²) in [6, 6.07) is 10.4. The number of anilines is 2. The average molecular weight is 376 g/mol. The summed E-state index contributed by atoms with van der Waals surface area (Å²) in [4.78, 5) is 13.5. The molecule has 3 aromatic heterocycles. The van der Waals surface area contributed by atoms with Crippen molar-refractivity contribution in [1.29, 1.82) is 0 Å². The minimum absolute atomic E-state index is 0.247. The summed E-state index contributed by atoms with van der Waals surface area (Å²) in [7, 11) is 0. The first kappa shape index (κ1) is 17.9. The van der Waals surface area contributed by atoms with E-state index in [1.165, 1.54) is 12.1 Å². The largest absolute Gasteiger partial charge is 0.381 e. The van der Waals surface area contributed by atoms with Crippen LogP contribution in [-0.4, -0.2) is 25.4 Å². The van der Waals surface area contributed by atoms with Crippen molar-refractivity contribution in [3.63, 3.8) is 0 Å². The number of hydrogen-bond acceptors (Lipinski definition) is 5. The number of hydrogen-bond donors (Lipinski definition) is 2. The second-order valence-electron chi connectivity index (χ2n) is 7.00. The first-order valence-corrected chi connectivity index (χ1v) is 9.06. The van der Waals surface area contributed by atoms with Crippen LogP contribution in [0.3, 0.4) is 0 Å². The van der Waals surface area contributed by atoms with Gasteiger partial charge in [-0.2, -0.15) is 0 Å². The van der Waals surface area contributed by atoms with Crippen LogP contribution in [0.15, 0.2) is 48.8 Å². The van der Waals surface area contributed by atoms with E-state index in [4.69, 9.17) is 5.73 Å². The molecule has 0 amide bonds. The van der Waals surface area contributed by atoms with Gasteiger partial charge in [-0.1, -0.05) is 0 Å². The third kappa shape index (κ3) is 3.26. The van der Waals surface area contributed by atoms with E-state index in [9.17, 15) is 4.39 Å². The highest BCUT2D eigenvalue weighted by Gasteiger charge is 2.18. The summed E-state index contributed by atoms with van der Waals surface area (Å²) in [6.07, 6.45) is 3.54. The summed E-state index contributed by atoms with van der Waals surface area (Å²) in [5.74, 6) is 0.796. The number of aromatic nitrogens is 4. The van der Waals surface area contributed by atoms with Crippen molar-refractivity contribution in [3.8, 4) is 22.5 Å². The standard InChI is InChI=1S/C21H21FN6/c1-12(2)25-17-11-15(10-13(3)26-17)19-18(14-4-6-16(22)7-5-14)27-20(23)21-24-8-9-28(19)21/h4-12H,1-3H3,(H2,23,27)(H,25,26). The van der Waals surface area contributed by atoms with Gasteiger partial charge >= 0.3 is 0 Å². The van der Waals surface area contributed by atoms with Gasteiger partial charge in [0.1, 0.15) is 11.6 Å². The number of halogens is 1. The molecule has 0 spiro atoms. The molecule has 3 heterocycles. The van der Waals surface area contributed by atoms with Crippen LogP contribution in [0.5, 0.6) is 0 Å². The van der Waals surface area contributed by atoms with E-state index in [1.54, 1.807) is 18.3 Å². The van der Waals surface area contributed by atoms with E-state index in [-0.39, 0.29) is 11.9 Å². The third-order valence-electron chi connectivity index (χ3n) is 4.35. The van der Waals surface area contributed by atoms with Crippen molar-refractivity contribution in [3.05, 3.63) is 60.3 Å². The maximum Gasteiger partial charge on any atom is 0.180 e. The maximum absolute atomic E-state index is 13.5. The molecule has 6 nitrogen and oxygen atoms in total. The van der Waals surface area contributed by atoms with Crippen molar-refractivity contribution >= 4 is 17.3 Å². The van der Waals surface area contributed by atoms with Crippen LogP contribution < -0.4 is 11.1 Å². The highest BCUT2D eigenvalue weighted by Crippen LogP contribution is 2.34. The fourth-order valence-electron chi connectivity index (χ4n) is 3.27. The third-order valence-corrected chi connectivity index (χ3v) is 4.35. The van der Waals surface area contributed by atoms with Gasteiger partial charge in [-0.3, -0.25) is 4.40 Å². The monoisotopic (exact) mass is 376 g/mol. The Hall–Kier alpha value is -3.48. The zero-order chi connectivity index (χ0) is 19.8. The van der Waals surface area contributed by atoms with Crippen LogP contribution in [-0.2, 0) is 0 Å². The molecule has 0 aliphatic heterocycles. The number of aryl methyl sites for hydroxylation is 1. The lowest BCUT2D eigenvalue weighted by atomic mass is 10.0. The average Bonchev–Trinajstić information content (AvgIpc) is 3.11. The Morgan fingerprint density at radius 1 is 1.07 bits per heavy atom. The van der Waals surface area contributed by atoms with Gasteiger partial charge in [-0.05, 0) is 57.2 Å². The first-order chi connectivity index (χ1) is 13.4. The number of benzene rings is 1. The predicted molar refractivity (Wildman–Crippen MR) is 110 cm³/mol. The smallest absolute Gasteiger partial charge is 0.180 e. The minimum atomic E-state index is -0.301. The summed E-state index contributed by atoms with van der Waals surface area (Å²) >= 11 is 0. The Kier molecular flexibility index (Phi) is 4.43. The van der Waals surface area contributed by atoms with Crippen molar-refractivity contribution in [2.75, 3.05) is 11.1 Å². The quantitative estimate of drug-likeness (QED) is 0.555. The number of fused-ring (bicyclic) bond motifs is 1. The van der Waals surface area contributed by atoms with Crippen molar-refractivity contribution in [1.82, 2.24) is 19.4 Å². The highest BCUT2D eigenvalue weighted by atomic mass is 19.1. The zero-order valence-electron chi connectivity index (χ0n) is 15.9. The molecule has 0 saturated carbocycles. The van der Waals surface area contributed by atoms with Crippen molar-refractivity contribution in [2.24, 2.45) is 0 Å². The molecule has 0 aliphatic carbocycles. The molecule has 3 N–H and O–H groups in total. The van der Waals surface area contributed by atoms with Crippen LogP contribution in [0.1, 0.15) is 19.5 Å². The second kappa shape index (κ2) is 6.92. The van der Waals surface area contributed by atoms with Crippen molar-refractivity contribution < 1.29 is 4.39 Å². The van der Waals surface area contributed by atoms with Gasteiger partial charge in [-0.15, -0.1) is 0 Å². The summed E-state index contributed by atoms with van der Waals surface area (Å²) in [5, 5.41) is 3.35. The van der Waals surface area contributed by atoms with Gasteiger partial charge in [0, 0.05) is 35.3 Å². The van der Waals surface area contributed by atoms with Gasteiger partial charge in [0.2, 0.25) is 0 Å². The van der Waals surface area contributed by atoms with Crippen LogP contribution in [0.2, 0.25) is 0 Å². The van der Waals surface area contributed by atoms with E-state index in [0.717, 1.165) is 28.3 Å². The zero-order valence-corrected chi connectivity index (χ0v) is 15.9. The number of pyridine rings is 1. The van der Waals surface area contributed by atoms with Crippen LogP contribution in [0.25, 0.3) is 28.2 Å². The molecule has 4 rings (SSSR count). The van der Waals surface area contributed by atoms with Crippen LogP contribution in [0, 0.1) is 12.7 Å². The number of nitrogens with one attached hydrogen (secondary N) is 1. The number of nitrogens with zero attached hydrogens (tertiary/aromatic N) is 4. The molecule has 0 saturated heterocycles. The summed E-state index contributed by atoms with van der Waals surface area (Å²) in [5.41, 5.74) is 10.8. The Morgan fingerprint density at radius 2 is 1.82 bits per heavy atom. The Balaban J connectivity index is 2.01. The number of rotatable bonds is 4. The second-order valence-corrected chi connectivity index (χ2v) is 7.00. The van der Waals surface area contributed by atoms with Gasteiger partial charge in [0.05, 0.1) is 11.4 Å². The van der Waals surface area contributed by atoms with Crippen molar-refractivity contribution in [2.45, 2.75) is 26.8 Å². The molecule has 0 fully saturated rings. The molecule has 0 atom stereocenters. The molecule has 0 unspecified atom stereocenters. The lowest BCUT2D eigenvalue weighted by Crippen LogP contribution is -2.12. The van der Waals surface area contributed by atoms with E-state index >= 15 is 0 Å². The Morgan fingerprint density at radius 3 is 2.54 bits per heavy atom. The molecule has 0 bridgehead atoms. The van der Waals surface area contributed by atoms with Crippen LogP contribution >= 0.6 is 0 Å². The summed E-state index contributed by atoms with van der Waals surface area (Å²) in [6.45, 7) is 6.07. The topological polar surface area (TPSA) is 81.1 Å². The number of nitrogen functional groups attached to an aromatic ring is 1.